The number of methoxy groups -OCH3 is 2. The van der Waals surface area contributed by atoms with Crippen molar-refractivity contribution in [2.24, 2.45) is 0 Å². The number of hydrogen-bond acceptors (Lipinski definition) is 5. The second kappa shape index (κ2) is 5.77. The first-order chi connectivity index (χ1) is 9.58. The van der Waals surface area contributed by atoms with Crippen molar-refractivity contribution < 1.29 is 19.1 Å². The molecule has 1 aromatic heterocycles. The predicted octanol–water partition coefficient (Wildman–Crippen LogP) is -0.0543. The lowest BCUT2D eigenvalue weighted by Gasteiger charge is -2.32. The summed E-state index contributed by atoms with van der Waals surface area (Å²) in [6.45, 7) is 1.89. The Morgan fingerprint density at radius 2 is 2.15 bits per heavy atom. The van der Waals surface area contributed by atoms with E-state index in [4.69, 9.17) is 9.47 Å². The van der Waals surface area contributed by atoms with Crippen molar-refractivity contribution >= 4 is 11.8 Å². The molecule has 1 fully saturated rings. The molecule has 0 aliphatic carbocycles. The van der Waals surface area contributed by atoms with Gasteiger partial charge in [-0.15, -0.1) is 0 Å². The van der Waals surface area contributed by atoms with Crippen molar-refractivity contribution in [1.29, 1.82) is 0 Å². The van der Waals surface area contributed by atoms with Crippen molar-refractivity contribution in [2.75, 3.05) is 20.8 Å². The number of piperazine rings is 1. The molecule has 7 nitrogen and oxygen atoms in total. The van der Waals surface area contributed by atoms with Crippen molar-refractivity contribution in [3.8, 4) is 11.5 Å². The molecule has 1 aliphatic rings. The molecule has 2 rings (SSSR count). The van der Waals surface area contributed by atoms with E-state index < -0.39 is 6.04 Å². The first-order valence-electron chi connectivity index (χ1n) is 6.21. The Balaban J connectivity index is 2.29. The van der Waals surface area contributed by atoms with Gasteiger partial charge in [0.05, 0.1) is 27.3 Å². The van der Waals surface area contributed by atoms with Crippen LogP contribution in [0.3, 0.4) is 0 Å². The molecule has 2 amide bonds. The number of ether oxygens (including phenoxy) is 2. The fraction of sp³-hybridized carbons (Fsp3) is 0.462. The molecule has 1 saturated heterocycles. The van der Waals surface area contributed by atoms with Gasteiger partial charge in [0.2, 0.25) is 11.8 Å². The molecule has 1 atom stereocenters. The highest BCUT2D eigenvalue weighted by Crippen LogP contribution is 2.30. The molecular weight excluding hydrogens is 262 g/mol. The highest BCUT2D eigenvalue weighted by molar-refractivity contribution is 5.94. The van der Waals surface area contributed by atoms with Gasteiger partial charge in [-0.3, -0.25) is 14.6 Å². The number of nitrogens with zero attached hydrogens (tertiary/aromatic N) is 2. The zero-order valence-corrected chi connectivity index (χ0v) is 11.7. The molecule has 1 aliphatic heterocycles. The van der Waals surface area contributed by atoms with E-state index in [1.54, 1.807) is 19.2 Å². The van der Waals surface area contributed by atoms with Gasteiger partial charge in [-0.1, -0.05) is 0 Å². The van der Waals surface area contributed by atoms with Gasteiger partial charge < -0.3 is 19.7 Å². The summed E-state index contributed by atoms with van der Waals surface area (Å²) in [7, 11) is 3.04. The van der Waals surface area contributed by atoms with Crippen LogP contribution in [0.1, 0.15) is 12.6 Å². The van der Waals surface area contributed by atoms with Crippen LogP contribution in [0, 0.1) is 0 Å². The number of carbonyl (C=O) groups excluding carboxylic acids is 2. The number of hydrogen-bond donors (Lipinski definition) is 1. The Kier molecular flexibility index (Phi) is 4.07. The van der Waals surface area contributed by atoms with Crippen LogP contribution in [0.5, 0.6) is 11.5 Å². The lowest BCUT2D eigenvalue weighted by molar-refractivity contribution is -0.145. The minimum absolute atomic E-state index is 0.00938. The number of aromatic nitrogens is 1. The molecule has 0 spiro atoms. The van der Waals surface area contributed by atoms with Crippen LogP contribution in [0.25, 0.3) is 0 Å². The highest BCUT2D eigenvalue weighted by atomic mass is 16.5. The van der Waals surface area contributed by atoms with Gasteiger partial charge in [0, 0.05) is 12.3 Å². The zero-order chi connectivity index (χ0) is 14.7. The fourth-order valence-corrected chi connectivity index (χ4v) is 2.12. The summed E-state index contributed by atoms with van der Waals surface area (Å²) < 4.78 is 10.5. The molecule has 0 radical (unpaired) electrons. The molecule has 20 heavy (non-hydrogen) atoms. The van der Waals surface area contributed by atoms with Crippen LogP contribution in [0.2, 0.25) is 0 Å². The third-order valence-electron chi connectivity index (χ3n) is 3.27. The van der Waals surface area contributed by atoms with E-state index in [1.165, 1.54) is 19.1 Å². The predicted molar refractivity (Wildman–Crippen MR) is 70.4 cm³/mol. The Hall–Kier alpha value is -2.31. The average molecular weight is 279 g/mol. The van der Waals surface area contributed by atoms with Crippen molar-refractivity contribution in [2.45, 2.75) is 19.5 Å². The third kappa shape index (κ3) is 2.52. The molecule has 0 bridgehead atoms. The third-order valence-corrected chi connectivity index (χ3v) is 3.27. The maximum Gasteiger partial charge on any atom is 0.242 e. The van der Waals surface area contributed by atoms with Crippen LogP contribution in [0.15, 0.2) is 12.3 Å². The summed E-state index contributed by atoms with van der Waals surface area (Å²) in [5.41, 5.74) is 0.557. The fourth-order valence-electron chi connectivity index (χ4n) is 2.12. The number of pyridine rings is 1. The van der Waals surface area contributed by atoms with Gasteiger partial charge in [0.15, 0.2) is 11.5 Å². The molecule has 1 aromatic rings. The van der Waals surface area contributed by atoms with E-state index >= 15 is 0 Å². The molecular formula is C13H17N3O4. The number of nitrogens with one attached hydrogen (secondary N) is 1. The summed E-state index contributed by atoms with van der Waals surface area (Å²) in [6, 6.07) is 1.14. The lowest BCUT2D eigenvalue weighted by Crippen LogP contribution is -2.56. The molecule has 108 valence electrons. The Morgan fingerprint density at radius 1 is 1.40 bits per heavy atom. The number of carbonyl (C=O) groups is 2. The van der Waals surface area contributed by atoms with Crippen molar-refractivity contribution in [1.82, 2.24) is 15.2 Å². The van der Waals surface area contributed by atoms with Crippen LogP contribution >= 0.6 is 0 Å². The average Bonchev–Trinajstić information content (AvgIpc) is 2.47. The zero-order valence-electron chi connectivity index (χ0n) is 11.7. The molecule has 7 heteroatoms. The van der Waals surface area contributed by atoms with E-state index in [0.717, 1.165) is 0 Å². The van der Waals surface area contributed by atoms with E-state index in [1.807, 2.05) is 0 Å². The lowest BCUT2D eigenvalue weighted by atomic mass is 10.1. The molecule has 1 unspecified atom stereocenters. The molecule has 0 aromatic carbocycles. The largest absolute Gasteiger partial charge is 0.493 e. The van der Waals surface area contributed by atoms with Crippen molar-refractivity contribution in [3.05, 3.63) is 18.0 Å². The maximum atomic E-state index is 11.9. The van der Waals surface area contributed by atoms with Crippen LogP contribution < -0.4 is 14.8 Å². The van der Waals surface area contributed by atoms with Gasteiger partial charge in [-0.05, 0) is 6.92 Å². The standard InChI is InChI=1S/C13H17N3O4/c1-8-13(18)15-6-11(17)16(8)7-9-12(20-3)10(19-2)4-5-14-9/h4-5,8H,6-7H2,1-3H3,(H,15,18). The van der Waals surface area contributed by atoms with Crippen LogP contribution in [0.4, 0.5) is 0 Å². The summed E-state index contributed by atoms with van der Waals surface area (Å²) in [5.74, 6) is 0.690. The normalized spacial score (nSPS) is 18.8. The molecule has 0 saturated carbocycles. The van der Waals surface area contributed by atoms with Gasteiger partial charge in [0.1, 0.15) is 11.7 Å². The van der Waals surface area contributed by atoms with Crippen LogP contribution in [-0.2, 0) is 16.1 Å². The number of rotatable bonds is 4. The quantitative estimate of drug-likeness (QED) is 0.835. The maximum absolute atomic E-state index is 11.9. The van der Waals surface area contributed by atoms with Gasteiger partial charge in [0.25, 0.3) is 0 Å². The van der Waals surface area contributed by atoms with E-state index in [0.29, 0.717) is 17.2 Å². The Morgan fingerprint density at radius 3 is 2.80 bits per heavy atom. The van der Waals surface area contributed by atoms with E-state index in [9.17, 15) is 9.59 Å². The summed E-state index contributed by atoms with van der Waals surface area (Å²) in [5, 5.41) is 2.54. The SMILES string of the molecule is COc1ccnc(CN2C(=O)CNC(=O)C2C)c1OC. The first-order valence-corrected chi connectivity index (χ1v) is 6.21. The first kappa shape index (κ1) is 14.1. The summed E-state index contributed by atoms with van der Waals surface area (Å²) >= 11 is 0. The van der Waals surface area contributed by atoms with E-state index in [2.05, 4.69) is 10.3 Å². The molecule has 2 heterocycles. The second-order valence-corrected chi connectivity index (χ2v) is 4.41. The summed E-state index contributed by atoms with van der Waals surface area (Å²) in [4.78, 5) is 29.2. The number of amides is 2. The van der Waals surface area contributed by atoms with Gasteiger partial charge in [-0.2, -0.15) is 0 Å². The molecule has 1 N–H and O–H groups in total. The minimum Gasteiger partial charge on any atom is -0.493 e. The second-order valence-electron chi connectivity index (χ2n) is 4.41. The minimum atomic E-state index is -0.533. The monoisotopic (exact) mass is 279 g/mol. The van der Waals surface area contributed by atoms with Crippen LogP contribution in [-0.4, -0.2) is 48.5 Å². The highest BCUT2D eigenvalue weighted by Gasteiger charge is 2.32. The topological polar surface area (TPSA) is 80.8 Å². The van der Waals surface area contributed by atoms with Gasteiger partial charge >= 0.3 is 0 Å². The van der Waals surface area contributed by atoms with Gasteiger partial charge in [-0.25, -0.2) is 0 Å². The van der Waals surface area contributed by atoms with E-state index in [-0.39, 0.29) is 24.9 Å². The van der Waals surface area contributed by atoms with Crippen molar-refractivity contribution in [3.63, 3.8) is 0 Å². The Bertz CT molecular complexity index is 532. The summed E-state index contributed by atoms with van der Waals surface area (Å²) in [6.07, 6.45) is 1.58. The Labute approximate surface area is 116 Å². The smallest absolute Gasteiger partial charge is 0.242 e.